The normalized spacial score (nSPS) is 14.0. The monoisotopic (exact) mass is 382 g/mol. The van der Waals surface area contributed by atoms with Gasteiger partial charge in [0.25, 0.3) is 0 Å². The Bertz CT molecular complexity index is 621. The van der Waals surface area contributed by atoms with Gasteiger partial charge in [-0.05, 0) is 41.8 Å². The minimum Gasteiger partial charge on any atom is -1.00 e. The fourth-order valence-electron chi connectivity index (χ4n) is 2.79. The van der Waals surface area contributed by atoms with Gasteiger partial charge in [0.05, 0.1) is 13.2 Å². The molecule has 0 spiro atoms. The Morgan fingerprint density at radius 1 is 1.00 bits per heavy atom. The van der Waals surface area contributed by atoms with Gasteiger partial charge in [-0.25, -0.2) is 0 Å². The van der Waals surface area contributed by atoms with E-state index >= 15 is 0 Å². The molecule has 0 N–H and O–H groups in total. The van der Waals surface area contributed by atoms with Crippen molar-refractivity contribution in [2.75, 3.05) is 32.1 Å². The van der Waals surface area contributed by atoms with Gasteiger partial charge in [-0.1, -0.05) is 35.9 Å². The standard InChI is InChI=1S/C19H22ClNOS.ClH/c20-18-5-7-19(8-6-18)23-14-13-22-12-11-21-10-9-16-3-1-2-4-17(16)15-21;/h1-8H,9-15H2;1H/p-1. The number of fused-ring (bicyclic) bond motifs is 1. The predicted octanol–water partition coefficient (Wildman–Crippen LogP) is 1.51. The number of thioether (sulfide) groups is 1. The predicted molar refractivity (Wildman–Crippen MR) is 98.4 cm³/mol. The molecule has 1 aliphatic heterocycles. The zero-order valence-corrected chi connectivity index (χ0v) is 15.9. The van der Waals surface area contributed by atoms with Gasteiger partial charge < -0.3 is 17.1 Å². The lowest BCUT2D eigenvalue weighted by molar-refractivity contribution is -0.00000532. The van der Waals surface area contributed by atoms with Crippen LogP contribution in [0.1, 0.15) is 11.1 Å². The number of ether oxygens (including phenoxy) is 1. The maximum Gasteiger partial charge on any atom is 0.0593 e. The summed E-state index contributed by atoms with van der Waals surface area (Å²) in [6, 6.07) is 16.7. The van der Waals surface area contributed by atoms with Gasteiger partial charge in [0, 0.05) is 35.3 Å². The molecule has 2 aromatic rings. The van der Waals surface area contributed by atoms with Crippen molar-refractivity contribution < 1.29 is 17.1 Å². The van der Waals surface area contributed by atoms with Crippen molar-refractivity contribution in [3.05, 3.63) is 64.7 Å². The smallest absolute Gasteiger partial charge is 0.0593 e. The third kappa shape index (κ3) is 5.98. The van der Waals surface area contributed by atoms with E-state index in [-0.39, 0.29) is 12.4 Å². The van der Waals surface area contributed by atoms with Gasteiger partial charge in [0.15, 0.2) is 0 Å². The van der Waals surface area contributed by atoms with Crippen molar-refractivity contribution >= 4 is 23.4 Å². The van der Waals surface area contributed by atoms with Crippen molar-refractivity contribution in [2.45, 2.75) is 17.9 Å². The number of rotatable bonds is 7. The van der Waals surface area contributed by atoms with E-state index in [9.17, 15) is 0 Å². The quantitative estimate of drug-likeness (QED) is 0.531. The minimum atomic E-state index is 0. The third-order valence-electron chi connectivity index (χ3n) is 4.07. The fraction of sp³-hybridized carbons (Fsp3) is 0.368. The maximum atomic E-state index is 5.88. The van der Waals surface area contributed by atoms with Crippen LogP contribution in [0.3, 0.4) is 0 Å². The van der Waals surface area contributed by atoms with Gasteiger partial charge in [0.1, 0.15) is 0 Å². The minimum absolute atomic E-state index is 0. The molecule has 5 heteroatoms. The van der Waals surface area contributed by atoms with Crippen molar-refractivity contribution in [3.8, 4) is 0 Å². The summed E-state index contributed by atoms with van der Waals surface area (Å²) in [5.41, 5.74) is 2.97. The molecule has 0 atom stereocenters. The first-order valence-electron chi connectivity index (χ1n) is 8.06. The summed E-state index contributed by atoms with van der Waals surface area (Å²) < 4.78 is 5.78. The third-order valence-corrected chi connectivity index (χ3v) is 5.30. The van der Waals surface area contributed by atoms with Crippen LogP contribution in [0.15, 0.2) is 53.4 Å². The Labute approximate surface area is 159 Å². The van der Waals surface area contributed by atoms with Crippen LogP contribution in [0.5, 0.6) is 0 Å². The lowest BCUT2D eigenvalue weighted by atomic mass is 10.0. The molecule has 0 amide bonds. The Hall–Kier alpha value is -0.710. The average molecular weight is 383 g/mol. The average Bonchev–Trinajstić information content (AvgIpc) is 2.59. The number of nitrogens with zero attached hydrogens (tertiary/aromatic N) is 1. The van der Waals surface area contributed by atoms with Crippen LogP contribution in [0.25, 0.3) is 0 Å². The lowest BCUT2D eigenvalue weighted by Gasteiger charge is -2.28. The van der Waals surface area contributed by atoms with E-state index in [2.05, 4.69) is 41.3 Å². The first-order valence-corrected chi connectivity index (χ1v) is 9.43. The molecule has 24 heavy (non-hydrogen) atoms. The first-order chi connectivity index (χ1) is 11.3. The van der Waals surface area contributed by atoms with E-state index in [4.69, 9.17) is 16.3 Å². The molecule has 0 saturated carbocycles. The van der Waals surface area contributed by atoms with Gasteiger partial charge in [-0.15, -0.1) is 11.8 Å². The molecule has 130 valence electrons. The summed E-state index contributed by atoms with van der Waals surface area (Å²) in [6.45, 7) is 4.81. The van der Waals surface area contributed by atoms with E-state index in [1.54, 1.807) is 0 Å². The molecule has 1 aliphatic rings. The van der Waals surface area contributed by atoms with Gasteiger partial charge >= 0.3 is 0 Å². The van der Waals surface area contributed by atoms with Crippen LogP contribution in [-0.4, -0.2) is 37.0 Å². The van der Waals surface area contributed by atoms with Crippen LogP contribution < -0.4 is 12.4 Å². The molecule has 0 bridgehead atoms. The Kier molecular flexibility index (Phi) is 8.43. The number of hydrogen-bond acceptors (Lipinski definition) is 3. The van der Waals surface area contributed by atoms with Gasteiger partial charge in [-0.2, -0.15) is 0 Å². The molecular weight excluding hydrogens is 361 g/mol. The molecule has 0 unspecified atom stereocenters. The summed E-state index contributed by atoms with van der Waals surface area (Å²) in [7, 11) is 0. The van der Waals surface area contributed by atoms with E-state index in [1.165, 1.54) is 16.0 Å². The first kappa shape index (κ1) is 19.6. The molecule has 0 radical (unpaired) electrons. The molecule has 0 aromatic heterocycles. The SMILES string of the molecule is Clc1ccc(SCCOCCN2CCc3ccccc3C2)cc1.[Cl-]. The highest BCUT2D eigenvalue weighted by atomic mass is 35.5. The summed E-state index contributed by atoms with van der Waals surface area (Å²) in [4.78, 5) is 3.72. The second-order valence-corrected chi connectivity index (χ2v) is 7.31. The molecule has 0 fully saturated rings. The molecule has 3 rings (SSSR count). The van der Waals surface area contributed by atoms with Crippen molar-refractivity contribution in [3.63, 3.8) is 0 Å². The topological polar surface area (TPSA) is 12.5 Å². The van der Waals surface area contributed by atoms with E-state index in [0.29, 0.717) is 0 Å². The molecule has 0 aliphatic carbocycles. The largest absolute Gasteiger partial charge is 1.00 e. The van der Waals surface area contributed by atoms with Crippen LogP contribution in [0.2, 0.25) is 5.02 Å². The summed E-state index contributed by atoms with van der Waals surface area (Å²) in [5.74, 6) is 0.977. The lowest BCUT2D eigenvalue weighted by Crippen LogP contribution is -3.00. The fourth-order valence-corrected chi connectivity index (χ4v) is 3.68. The van der Waals surface area contributed by atoms with Crippen LogP contribution in [0.4, 0.5) is 0 Å². The maximum absolute atomic E-state index is 5.88. The molecular formula is C19H22Cl2NOS-. The summed E-state index contributed by atoms with van der Waals surface area (Å²) >= 11 is 7.69. The van der Waals surface area contributed by atoms with Crippen molar-refractivity contribution in [2.24, 2.45) is 0 Å². The summed E-state index contributed by atoms with van der Waals surface area (Å²) in [5, 5.41) is 0.786. The van der Waals surface area contributed by atoms with Crippen LogP contribution in [-0.2, 0) is 17.7 Å². The Morgan fingerprint density at radius 3 is 2.54 bits per heavy atom. The highest BCUT2D eigenvalue weighted by molar-refractivity contribution is 7.99. The Morgan fingerprint density at radius 2 is 1.75 bits per heavy atom. The van der Waals surface area contributed by atoms with E-state index in [1.807, 2.05) is 23.9 Å². The zero-order chi connectivity index (χ0) is 15.9. The van der Waals surface area contributed by atoms with Gasteiger partial charge in [0.2, 0.25) is 0 Å². The number of benzene rings is 2. The van der Waals surface area contributed by atoms with Crippen molar-refractivity contribution in [1.82, 2.24) is 4.90 Å². The number of hydrogen-bond donors (Lipinski definition) is 0. The highest BCUT2D eigenvalue weighted by Crippen LogP contribution is 2.20. The van der Waals surface area contributed by atoms with Crippen LogP contribution >= 0.6 is 23.4 Å². The molecule has 2 aromatic carbocycles. The van der Waals surface area contributed by atoms with E-state index in [0.717, 1.165) is 50.0 Å². The molecule has 1 heterocycles. The highest BCUT2D eigenvalue weighted by Gasteiger charge is 2.14. The van der Waals surface area contributed by atoms with Crippen LogP contribution in [0, 0.1) is 0 Å². The number of halogens is 2. The zero-order valence-electron chi connectivity index (χ0n) is 13.6. The second-order valence-electron chi connectivity index (χ2n) is 5.71. The molecule has 0 saturated heterocycles. The van der Waals surface area contributed by atoms with Gasteiger partial charge in [-0.3, -0.25) is 4.90 Å². The summed E-state index contributed by atoms with van der Waals surface area (Å²) in [6.07, 6.45) is 1.16. The van der Waals surface area contributed by atoms with Crippen molar-refractivity contribution in [1.29, 1.82) is 0 Å². The Balaban J connectivity index is 0.00000208. The second kappa shape index (κ2) is 10.3. The van der Waals surface area contributed by atoms with E-state index < -0.39 is 0 Å². The molecule has 2 nitrogen and oxygen atoms in total.